The van der Waals surface area contributed by atoms with Crippen molar-refractivity contribution in [2.24, 2.45) is 0 Å². The predicted molar refractivity (Wildman–Crippen MR) is 117 cm³/mol. The van der Waals surface area contributed by atoms with Crippen molar-refractivity contribution in [1.82, 2.24) is 14.9 Å². The van der Waals surface area contributed by atoms with Gasteiger partial charge in [0.2, 0.25) is 11.8 Å². The molecule has 2 aromatic heterocycles. The van der Waals surface area contributed by atoms with Gasteiger partial charge in [-0.3, -0.25) is 4.79 Å². The molecule has 3 aliphatic rings. The van der Waals surface area contributed by atoms with Crippen LogP contribution < -0.4 is 9.64 Å². The van der Waals surface area contributed by atoms with Crippen LogP contribution >= 0.6 is 0 Å². The number of nitrogens with zero attached hydrogens (tertiary/aromatic N) is 5. The second-order valence-electron chi connectivity index (χ2n) is 8.80. The van der Waals surface area contributed by atoms with Crippen LogP contribution in [0.3, 0.4) is 0 Å². The Morgan fingerprint density at radius 3 is 2.59 bits per heavy atom. The van der Waals surface area contributed by atoms with Crippen molar-refractivity contribution in [3.05, 3.63) is 47.8 Å². The van der Waals surface area contributed by atoms with Gasteiger partial charge in [-0.25, -0.2) is 9.97 Å². The Labute approximate surface area is 187 Å². The van der Waals surface area contributed by atoms with Crippen molar-refractivity contribution < 1.29 is 14.3 Å². The number of fused-ring (bicyclic) bond motifs is 2. The van der Waals surface area contributed by atoms with Gasteiger partial charge in [-0.05, 0) is 56.4 Å². The van der Waals surface area contributed by atoms with Gasteiger partial charge in [0.1, 0.15) is 18.5 Å². The molecular formula is C24H27N5O3. The monoisotopic (exact) mass is 433 g/mol. The van der Waals surface area contributed by atoms with E-state index in [1.54, 1.807) is 25.6 Å². The average molecular weight is 434 g/mol. The first-order valence-electron chi connectivity index (χ1n) is 11.2. The number of anilines is 1. The Morgan fingerprint density at radius 2 is 2.00 bits per heavy atom. The number of hydrogen-bond acceptors (Lipinski definition) is 7. The second kappa shape index (κ2) is 8.40. The second-order valence-corrected chi connectivity index (χ2v) is 8.80. The van der Waals surface area contributed by atoms with Crippen molar-refractivity contribution in [3.63, 3.8) is 0 Å². The van der Waals surface area contributed by atoms with Gasteiger partial charge in [0.15, 0.2) is 0 Å². The zero-order valence-electron chi connectivity index (χ0n) is 18.2. The predicted octanol–water partition coefficient (Wildman–Crippen LogP) is 2.63. The van der Waals surface area contributed by atoms with Gasteiger partial charge in [0.25, 0.3) is 0 Å². The molecule has 1 saturated carbocycles. The van der Waals surface area contributed by atoms with Crippen LogP contribution in [0.15, 0.2) is 36.7 Å². The summed E-state index contributed by atoms with van der Waals surface area (Å²) in [6.45, 7) is 1.40. The molecule has 166 valence electrons. The molecule has 3 fully saturated rings. The lowest BCUT2D eigenvalue weighted by molar-refractivity contribution is -0.154. The summed E-state index contributed by atoms with van der Waals surface area (Å²) in [5.41, 5.74) is 1.00. The molecule has 0 N–H and O–H groups in total. The topological polar surface area (TPSA) is 91.6 Å². The highest BCUT2D eigenvalue weighted by Gasteiger charge is 2.45. The summed E-state index contributed by atoms with van der Waals surface area (Å²) >= 11 is 0. The van der Waals surface area contributed by atoms with Crippen molar-refractivity contribution in [2.75, 3.05) is 31.7 Å². The Bertz CT molecular complexity index is 1020. The van der Waals surface area contributed by atoms with Crippen LogP contribution in [0, 0.1) is 11.3 Å². The normalized spacial score (nSPS) is 23.4. The van der Waals surface area contributed by atoms with Crippen LogP contribution in [0.1, 0.15) is 43.2 Å². The minimum absolute atomic E-state index is 0.0310. The number of pyridine rings is 2. The largest absolute Gasteiger partial charge is 0.481 e. The van der Waals surface area contributed by atoms with Gasteiger partial charge in [0.05, 0.1) is 18.3 Å². The Kier molecular flexibility index (Phi) is 5.43. The number of ether oxygens (including phenoxy) is 2. The van der Waals surface area contributed by atoms with Gasteiger partial charge >= 0.3 is 0 Å². The van der Waals surface area contributed by atoms with Crippen LogP contribution in [-0.4, -0.2) is 59.7 Å². The average Bonchev–Trinajstić information content (AvgIpc) is 3.07. The van der Waals surface area contributed by atoms with E-state index in [1.165, 1.54) is 0 Å². The van der Waals surface area contributed by atoms with Gasteiger partial charge in [-0.1, -0.05) is 0 Å². The van der Waals surface area contributed by atoms with Crippen molar-refractivity contribution in [3.8, 4) is 11.9 Å². The Morgan fingerprint density at radius 1 is 1.22 bits per heavy atom. The molecule has 2 atom stereocenters. The smallest absolute Gasteiger partial charge is 0.248 e. The number of aromatic nitrogens is 2. The molecule has 0 radical (unpaired) electrons. The third kappa shape index (κ3) is 3.56. The van der Waals surface area contributed by atoms with Gasteiger partial charge in [0, 0.05) is 43.1 Å². The molecule has 1 amide bonds. The number of rotatable bonds is 6. The van der Waals surface area contributed by atoms with Crippen molar-refractivity contribution in [2.45, 2.75) is 49.8 Å². The SMILES string of the molecule is COc1ncccc1C1(OCC(=O)N2CC3CC[C@@H](C2)N3c2ccc(C#N)cn2)CCC1. The van der Waals surface area contributed by atoms with E-state index in [9.17, 15) is 4.79 Å². The maximum atomic E-state index is 13.1. The van der Waals surface area contributed by atoms with Crippen molar-refractivity contribution >= 4 is 11.7 Å². The summed E-state index contributed by atoms with van der Waals surface area (Å²) < 4.78 is 11.7. The van der Waals surface area contributed by atoms with Crippen LogP contribution in [0.5, 0.6) is 5.88 Å². The van der Waals surface area contributed by atoms with Crippen LogP contribution in [-0.2, 0) is 15.1 Å². The summed E-state index contributed by atoms with van der Waals surface area (Å²) in [5.74, 6) is 1.49. The highest BCUT2D eigenvalue weighted by molar-refractivity contribution is 5.78. The number of likely N-dealkylation sites (tertiary alicyclic amines) is 1. The summed E-state index contributed by atoms with van der Waals surface area (Å²) in [6, 6.07) is 10.2. The molecule has 8 nitrogen and oxygen atoms in total. The number of carbonyl (C=O) groups excluding carboxylic acids is 1. The first kappa shape index (κ1) is 20.7. The molecule has 32 heavy (non-hydrogen) atoms. The molecule has 1 unspecified atom stereocenters. The van der Waals surface area contributed by atoms with Gasteiger partial charge < -0.3 is 19.3 Å². The molecule has 1 aliphatic carbocycles. The summed E-state index contributed by atoms with van der Waals surface area (Å²) in [4.78, 5) is 26.1. The van der Waals surface area contributed by atoms with E-state index >= 15 is 0 Å². The maximum absolute atomic E-state index is 13.1. The highest BCUT2D eigenvalue weighted by Crippen LogP contribution is 2.47. The third-order valence-corrected chi connectivity index (χ3v) is 7.06. The lowest BCUT2D eigenvalue weighted by Crippen LogP contribution is -2.56. The fourth-order valence-electron chi connectivity index (χ4n) is 5.27. The Hall–Kier alpha value is -3.18. The highest BCUT2D eigenvalue weighted by atomic mass is 16.5. The molecule has 8 heteroatoms. The molecule has 4 heterocycles. The number of carbonyl (C=O) groups is 1. The minimum atomic E-state index is -0.484. The van der Waals surface area contributed by atoms with E-state index in [1.807, 2.05) is 23.1 Å². The fourth-order valence-corrected chi connectivity index (χ4v) is 5.27. The third-order valence-electron chi connectivity index (χ3n) is 7.06. The first-order chi connectivity index (χ1) is 15.6. The molecule has 0 aromatic carbocycles. The van der Waals surface area contributed by atoms with Crippen LogP contribution in [0.4, 0.5) is 5.82 Å². The lowest BCUT2D eigenvalue weighted by atomic mass is 9.75. The van der Waals surface area contributed by atoms with Crippen molar-refractivity contribution in [1.29, 1.82) is 5.26 Å². The van der Waals surface area contributed by atoms with E-state index in [-0.39, 0.29) is 24.6 Å². The van der Waals surface area contributed by atoms with E-state index in [0.29, 0.717) is 24.5 Å². The van der Waals surface area contributed by atoms with E-state index in [0.717, 1.165) is 43.5 Å². The number of methoxy groups -OCH3 is 1. The van der Waals surface area contributed by atoms with Crippen LogP contribution in [0.2, 0.25) is 0 Å². The molecule has 5 rings (SSSR count). The van der Waals surface area contributed by atoms with Gasteiger partial charge in [-0.15, -0.1) is 0 Å². The van der Waals surface area contributed by atoms with Crippen LogP contribution in [0.25, 0.3) is 0 Å². The molecule has 2 saturated heterocycles. The molecule has 0 spiro atoms. The molecule has 2 aliphatic heterocycles. The summed E-state index contributed by atoms with van der Waals surface area (Å²) in [7, 11) is 1.61. The zero-order valence-corrected chi connectivity index (χ0v) is 18.2. The minimum Gasteiger partial charge on any atom is -0.481 e. The lowest BCUT2D eigenvalue weighted by Gasteiger charge is -2.44. The van der Waals surface area contributed by atoms with Gasteiger partial charge in [-0.2, -0.15) is 5.26 Å². The standard InChI is InChI=1S/C24H27N5O3/c1-31-23-20(4-2-11-26-23)24(9-3-10-24)32-16-22(30)28-14-18-6-7-19(15-28)29(18)21-8-5-17(12-25)13-27-21/h2,4-5,8,11,13,18-19H,3,6-7,9-10,14-16H2,1H3/t18-,19?/m0/s1. The summed E-state index contributed by atoms with van der Waals surface area (Å²) in [5, 5.41) is 9.01. The quantitative estimate of drug-likeness (QED) is 0.691. The fraction of sp³-hybridized carbons (Fsp3) is 0.500. The maximum Gasteiger partial charge on any atom is 0.248 e. The Balaban J connectivity index is 1.24. The molecular weight excluding hydrogens is 406 g/mol. The number of piperazine rings is 1. The number of amides is 1. The zero-order chi connectivity index (χ0) is 22.1. The number of hydrogen-bond donors (Lipinski definition) is 0. The van der Waals surface area contributed by atoms with E-state index in [4.69, 9.17) is 14.7 Å². The van der Waals surface area contributed by atoms with E-state index < -0.39 is 5.60 Å². The van der Waals surface area contributed by atoms with E-state index in [2.05, 4.69) is 20.9 Å². The molecule has 2 aromatic rings. The molecule has 2 bridgehead atoms. The first-order valence-corrected chi connectivity index (χ1v) is 11.2. The summed E-state index contributed by atoms with van der Waals surface area (Å²) in [6.07, 6.45) is 8.19. The number of nitriles is 1.